The zero-order valence-corrected chi connectivity index (χ0v) is 16.1. The Hall–Kier alpha value is -2.75. The number of aromatic nitrogens is 4. The van der Waals surface area contributed by atoms with E-state index in [1.165, 1.54) is 17.5 Å². The van der Waals surface area contributed by atoms with Crippen LogP contribution in [0, 0.1) is 0 Å². The van der Waals surface area contributed by atoms with Crippen molar-refractivity contribution in [2.24, 2.45) is 0 Å². The van der Waals surface area contributed by atoms with E-state index in [1.54, 1.807) is 17.5 Å². The lowest BCUT2D eigenvalue weighted by Gasteiger charge is -2.18. The smallest absolute Gasteiger partial charge is 0.181 e. The van der Waals surface area contributed by atoms with Crippen LogP contribution in [0.2, 0.25) is 0 Å². The molecule has 26 heavy (non-hydrogen) atoms. The number of aryl methyl sites for hydroxylation is 1. The second kappa shape index (κ2) is 7.65. The Bertz CT molecular complexity index is 946. The molecule has 2 heterocycles. The monoisotopic (exact) mass is 346 g/mol. The van der Waals surface area contributed by atoms with E-state index in [0.29, 0.717) is 0 Å². The summed E-state index contributed by atoms with van der Waals surface area (Å²) in [7, 11) is 0. The summed E-state index contributed by atoms with van der Waals surface area (Å²) in [4.78, 5) is 12.5. The molecule has 1 aromatic carbocycles. The summed E-state index contributed by atoms with van der Waals surface area (Å²) in [5, 5.41) is 0. The highest BCUT2D eigenvalue weighted by atomic mass is 15.1. The van der Waals surface area contributed by atoms with Crippen molar-refractivity contribution in [3.05, 3.63) is 71.5 Å². The van der Waals surface area contributed by atoms with Gasteiger partial charge in [-0.05, 0) is 57.2 Å². The maximum atomic E-state index is 4.22. The largest absolute Gasteiger partial charge is 0.328 e. The SMILES string of the molecule is C=C(C)c1ncnc2ncn(CC)c12.CC1=C(C)Cc2ccccc2C1. The Morgan fingerprint density at radius 2 is 1.65 bits per heavy atom. The standard InChI is InChI=1S/C12H14.C10H12N4/c1-9-7-11-5-3-4-6-12(11)8-10(9)2;1-4-14-6-13-10-9(14)8(7(2)3)11-5-12-10/h3-6H,7-8H2,1-2H3;5-6H,2,4H2,1,3H3. The van der Waals surface area contributed by atoms with E-state index in [0.717, 1.165) is 41.8 Å². The third kappa shape index (κ3) is 3.59. The van der Waals surface area contributed by atoms with Crippen molar-refractivity contribution in [1.82, 2.24) is 19.5 Å². The Labute approximate surface area is 155 Å². The summed E-state index contributed by atoms with van der Waals surface area (Å²) in [6.07, 6.45) is 5.62. The molecule has 0 saturated carbocycles. The zero-order valence-electron chi connectivity index (χ0n) is 16.1. The lowest BCUT2D eigenvalue weighted by atomic mass is 9.88. The van der Waals surface area contributed by atoms with Gasteiger partial charge < -0.3 is 4.57 Å². The predicted octanol–water partition coefficient (Wildman–Crippen LogP) is 5.00. The third-order valence-electron chi connectivity index (χ3n) is 4.91. The van der Waals surface area contributed by atoms with Crippen molar-refractivity contribution in [3.8, 4) is 0 Å². The highest BCUT2D eigenvalue weighted by molar-refractivity contribution is 5.83. The molecule has 0 spiro atoms. The molecule has 0 N–H and O–H groups in total. The molecule has 1 aliphatic carbocycles. The van der Waals surface area contributed by atoms with Gasteiger partial charge in [0.2, 0.25) is 0 Å². The maximum absolute atomic E-state index is 4.22. The number of fused-ring (bicyclic) bond motifs is 2. The van der Waals surface area contributed by atoms with Crippen LogP contribution in [0.3, 0.4) is 0 Å². The summed E-state index contributed by atoms with van der Waals surface area (Å²) in [6.45, 7) is 13.3. The number of rotatable bonds is 2. The molecule has 0 atom stereocenters. The Morgan fingerprint density at radius 1 is 1.04 bits per heavy atom. The topological polar surface area (TPSA) is 43.6 Å². The van der Waals surface area contributed by atoms with Gasteiger partial charge in [-0.2, -0.15) is 0 Å². The summed E-state index contributed by atoms with van der Waals surface area (Å²) >= 11 is 0. The molecule has 1 aliphatic rings. The van der Waals surface area contributed by atoms with Crippen LogP contribution in [0.15, 0.2) is 54.6 Å². The predicted molar refractivity (Wildman–Crippen MR) is 108 cm³/mol. The molecule has 0 fully saturated rings. The van der Waals surface area contributed by atoms with Gasteiger partial charge in [0.15, 0.2) is 5.65 Å². The molecule has 0 amide bonds. The average molecular weight is 346 g/mol. The third-order valence-corrected chi connectivity index (χ3v) is 4.91. The lowest BCUT2D eigenvalue weighted by molar-refractivity contribution is 0.784. The molecule has 4 rings (SSSR count). The van der Waals surface area contributed by atoms with Gasteiger partial charge in [-0.1, -0.05) is 42.0 Å². The summed E-state index contributed by atoms with van der Waals surface area (Å²) < 4.78 is 2.03. The van der Waals surface area contributed by atoms with Gasteiger partial charge in [-0.25, -0.2) is 15.0 Å². The molecule has 0 unspecified atom stereocenters. The van der Waals surface area contributed by atoms with Gasteiger partial charge in [-0.3, -0.25) is 0 Å². The Kier molecular flexibility index (Phi) is 5.31. The maximum Gasteiger partial charge on any atom is 0.181 e. The second-order valence-corrected chi connectivity index (χ2v) is 6.89. The molecular formula is C22H26N4. The number of allylic oxidation sites excluding steroid dienone is 3. The summed E-state index contributed by atoms with van der Waals surface area (Å²) in [6, 6.07) is 8.75. The van der Waals surface area contributed by atoms with E-state index in [9.17, 15) is 0 Å². The van der Waals surface area contributed by atoms with E-state index in [-0.39, 0.29) is 0 Å². The van der Waals surface area contributed by atoms with Gasteiger partial charge in [-0.15, -0.1) is 0 Å². The highest BCUT2D eigenvalue weighted by Gasteiger charge is 2.11. The normalized spacial score (nSPS) is 13.2. The summed E-state index contributed by atoms with van der Waals surface area (Å²) in [5.74, 6) is 0. The van der Waals surface area contributed by atoms with E-state index in [2.05, 4.69) is 66.6 Å². The second-order valence-electron chi connectivity index (χ2n) is 6.89. The van der Waals surface area contributed by atoms with Crippen molar-refractivity contribution in [2.75, 3.05) is 0 Å². The van der Waals surface area contributed by atoms with Crippen LogP contribution in [-0.2, 0) is 19.4 Å². The Balaban J connectivity index is 0.000000152. The van der Waals surface area contributed by atoms with Gasteiger partial charge in [0.05, 0.1) is 12.0 Å². The van der Waals surface area contributed by atoms with Crippen LogP contribution in [0.5, 0.6) is 0 Å². The quantitative estimate of drug-likeness (QED) is 0.613. The van der Waals surface area contributed by atoms with Crippen LogP contribution >= 0.6 is 0 Å². The first kappa shape index (κ1) is 18.1. The van der Waals surface area contributed by atoms with Crippen molar-refractivity contribution in [2.45, 2.75) is 47.1 Å². The molecular weight excluding hydrogens is 320 g/mol. The minimum absolute atomic E-state index is 0.736. The highest BCUT2D eigenvalue weighted by Crippen LogP contribution is 2.25. The molecule has 0 bridgehead atoms. The number of nitrogens with zero attached hydrogens (tertiary/aromatic N) is 4. The van der Waals surface area contributed by atoms with E-state index in [4.69, 9.17) is 0 Å². The number of benzene rings is 1. The summed E-state index contributed by atoms with van der Waals surface area (Å²) in [5.41, 5.74) is 9.66. The first-order chi connectivity index (χ1) is 12.5. The van der Waals surface area contributed by atoms with Crippen molar-refractivity contribution < 1.29 is 0 Å². The fourth-order valence-corrected chi connectivity index (χ4v) is 3.24. The fourth-order valence-electron chi connectivity index (χ4n) is 3.24. The molecule has 0 aliphatic heterocycles. The van der Waals surface area contributed by atoms with Crippen molar-refractivity contribution in [3.63, 3.8) is 0 Å². The first-order valence-corrected chi connectivity index (χ1v) is 9.05. The molecule has 0 radical (unpaired) electrons. The molecule has 134 valence electrons. The minimum atomic E-state index is 0.736. The van der Waals surface area contributed by atoms with Crippen LogP contribution in [0.4, 0.5) is 0 Å². The van der Waals surface area contributed by atoms with Crippen LogP contribution in [0.1, 0.15) is 44.5 Å². The fraction of sp³-hybridized carbons (Fsp3) is 0.318. The van der Waals surface area contributed by atoms with Gasteiger partial charge >= 0.3 is 0 Å². The van der Waals surface area contributed by atoms with Gasteiger partial charge in [0.1, 0.15) is 11.8 Å². The van der Waals surface area contributed by atoms with E-state index >= 15 is 0 Å². The molecule has 3 aromatic rings. The van der Waals surface area contributed by atoms with Crippen molar-refractivity contribution in [1.29, 1.82) is 0 Å². The number of imidazole rings is 1. The molecule has 2 aromatic heterocycles. The van der Waals surface area contributed by atoms with Gasteiger partial charge in [0.25, 0.3) is 0 Å². The minimum Gasteiger partial charge on any atom is -0.328 e. The van der Waals surface area contributed by atoms with Crippen LogP contribution in [-0.4, -0.2) is 19.5 Å². The van der Waals surface area contributed by atoms with Crippen LogP contribution in [0.25, 0.3) is 16.7 Å². The van der Waals surface area contributed by atoms with E-state index in [1.807, 2.05) is 11.5 Å². The average Bonchev–Trinajstić information content (AvgIpc) is 3.06. The lowest BCUT2D eigenvalue weighted by Crippen LogP contribution is -2.04. The molecule has 4 nitrogen and oxygen atoms in total. The molecule has 4 heteroatoms. The molecule has 0 saturated heterocycles. The first-order valence-electron chi connectivity index (χ1n) is 9.05. The Morgan fingerprint density at radius 3 is 2.19 bits per heavy atom. The zero-order chi connectivity index (χ0) is 18.7. The van der Waals surface area contributed by atoms with Crippen molar-refractivity contribution >= 4 is 16.7 Å². The van der Waals surface area contributed by atoms with Crippen LogP contribution < -0.4 is 0 Å². The van der Waals surface area contributed by atoms with E-state index < -0.39 is 0 Å². The number of hydrogen-bond donors (Lipinski definition) is 0. The number of hydrogen-bond acceptors (Lipinski definition) is 3. The van der Waals surface area contributed by atoms with Gasteiger partial charge in [0, 0.05) is 6.54 Å².